The van der Waals surface area contributed by atoms with Crippen molar-refractivity contribution in [2.24, 2.45) is 0 Å². The molecule has 0 spiro atoms. The van der Waals surface area contributed by atoms with Crippen molar-refractivity contribution in [2.45, 2.75) is 25.8 Å². The van der Waals surface area contributed by atoms with Gasteiger partial charge in [0.05, 0.1) is 7.11 Å². The van der Waals surface area contributed by atoms with Crippen molar-refractivity contribution in [1.82, 2.24) is 5.32 Å². The maximum absolute atomic E-state index is 5.50. The zero-order chi connectivity index (χ0) is 14.4. The van der Waals surface area contributed by atoms with E-state index in [0.29, 0.717) is 0 Å². The van der Waals surface area contributed by atoms with Crippen LogP contribution in [0.3, 0.4) is 0 Å². The van der Waals surface area contributed by atoms with Gasteiger partial charge in [-0.3, -0.25) is 0 Å². The Balaban J connectivity index is 2.22. The molecule has 0 saturated carbocycles. The highest BCUT2D eigenvalue weighted by Gasteiger charge is 2.16. The number of thiophene rings is 1. The third kappa shape index (κ3) is 4.08. The van der Waals surface area contributed by atoms with Crippen LogP contribution in [0.2, 0.25) is 0 Å². The van der Waals surface area contributed by atoms with Crippen LogP contribution >= 0.6 is 27.3 Å². The van der Waals surface area contributed by atoms with E-state index in [2.05, 4.69) is 51.7 Å². The van der Waals surface area contributed by atoms with Crippen LogP contribution in [0.25, 0.3) is 0 Å². The molecule has 2 aromatic rings. The lowest BCUT2D eigenvalue weighted by atomic mass is 10.0. The molecule has 108 valence electrons. The molecule has 0 fully saturated rings. The maximum Gasteiger partial charge on any atom is 0.123 e. The number of rotatable bonds is 7. The predicted molar refractivity (Wildman–Crippen MR) is 89.8 cm³/mol. The summed E-state index contributed by atoms with van der Waals surface area (Å²) in [5.74, 6) is 0.955. The first-order chi connectivity index (χ1) is 9.74. The van der Waals surface area contributed by atoms with Gasteiger partial charge in [-0.1, -0.05) is 25.1 Å². The van der Waals surface area contributed by atoms with Crippen LogP contribution in [0.5, 0.6) is 5.75 Å². The quantitative estimate of drug-likeness (QED) is 0.771. The molecule has 0 radical (unpaired) electrons. The third-order valence-electron chi connectivity index (χ3n) is 3.18. The summed E-state index contributed by atoms with van der Waals surface area (Å²) in [7, 11) is 1.73. The van der Waals surface area contributed by atoms with Gasteiger partial charge in [0.25, 0.3) is 0 Å². The SMILES string of the molecule is CCCNC(Cc1cc(Br)cs1)c1ccccc1OC. The van der Waals surface area contributed by atoms with Crippen LogP contribution < -0.4 is 10.1 Å². The van der Waals surface area contributed by atoms with E-state index in [4.69, 9.17) is 4.74 Å². The number of hydrogen-bond acceptors (Lipinski definition) is 3. The molecule has 1 N–H and O–H groups in total. The van der Waals surface area contributed by atoms with Crippen LogP contribution in [-0.4, -0.2) is 13.7 Å². The van der Waals surface area contributed by atoms with E-state index in [1.165, 1.54) is 10.4 Å². The van der Waals surface area contributed by atoms with Gasteiger partial charge in [0.1, 0.15) is 5.75 Å². The molecule has 0 aliphatic heterocycles. The Morgan fingerprint density at radius 3 is 2.80 bits per heavy atom. The predicted octanol–water partition coefficient (Wildman–Crippen LogP) is 4.80. The van der Waals surface area contributed by atoms with Crippen LogP contribution in [0, 0.1) is 0 Å². The fourth-order valence-electron chi connectivity index (χ4n) is 2.23. The van der Waals surface area contributed by atoms with Gasteiger partial charge in [-0.15, -0.1) is 11.3 Å². The summed E-state index contributed by atoms with van der Waals surface area (Å²) in [5, 5.41) is 5.76. The van der Waals surface area contributed by atoms with Crippen LogP contribution in [-0.2, 0) is 6.42 Å². The zero-order valence-corrected chi connectivity index (χ0v) is 14.3. The van der Waals surface area contributed by atoms with Crippen molar-refractivity contribution < 1.29 is 4.74 Å². The van der Waals surface area contributed by atoms with Crippen molar-refractivity contribution >= 4 is 27.3 Å². The van der Waals surface area contributed by atoms with Crippen molar-refractivity contribution in [1.29, 1.82) is 0 Å². The Bertz CT molecular complexity index is 541. The maximum atomic E-state index is 5.50. The molecule has 1 aromatic heterocycles. The fraction of sp³-hybridized carbons (Fsp3) is 0.375. The summed E-state index contributed by atoms with van der Waals surface area (Å²) in [6, 6.07) is 10.7. The lowest BCUT2D eigenvalue weighted by Gasteiger charge is -2.20. The minimum absolute atomic E-state index is 0.289. The topological polar surface area (TPSA) is 21.3 Å². The number of para-hydroxylation sites is 1. The van der Waals surface area contributed by atoms with Crippen LogP contribution in [0.15, 0.2) is 40.2 Å². The molecule has 20 heavy (non-hydrogen) atoms. The largest absolute Gasteiger partial charge is 0.496 e. The molecule has 1 heterocycles. The van der Waals surface area contributed by atoms with E-state index in [-0.39, 0.29) is 6.04 Å². The number of hydrogen-bond donors (Lipinski definition) is 1. The number of nitrogens with one attached hydrogen (secondary N) is 1. The van der Waals surface area contributed by atoms with Gasteiger partial charge in [0.15, 0.2) is 0 Å². The van der Waals surface area contributed by atoms with E-state index in [9.17, 15) is 0 Å². The molecule has 4 heteroatoms. The monoisotopic (exact) mass is 353 g/mol. The molecular formula is C16H20BrNOS. The van der Waals surface area contributed by atoms with Crippen molar-refractivity contribution in [3.05, 3.63) is 50.6 Å². The average Bonchev–Trinajstić information content (AvgIpc) is 2.88. The minimum Gasteiger partial charge on any atom is -0.496 e. The molecule has 1 atom stereocenters. The second-order valence-corrected chi connectivity index (χ2v) is 6.60. The van der Waals surface area contributed by atoms with Gasteiger partial charge < -0.3 is 10.1 Å². The van der Waals surface area contributed by atoms with E-state index in [1.54, 1.807) is 18.4 Å². The molecule has 2 rings (SSSR count). The first-order valence-electron chi connectivity index (χ1n) is 6.83. The smallest absolute Gasteiger partial charge is 0.123 e. The van der Waals surface area contributed by atoms with Crippen molar-refractivity contribution in [3.63, 3.8) is 0 Å². The fourth-order valence-corrected chi connectivity index (χ4v) is 3.73. The molecule has 0 aliphatic rings. The summed E-state index contributed by atoms with van der Waals surface area (Å²) in [4.78, 5) is 1.37. The summed E-state index contributed by atoms with van der Waals surface area (Å²) >= 11 is 5.32. The van der Waals surface area contributed by atoms with Crippen molar-refractivity contribution in [2.75, 3.05) is 13.7 Å². The Morgan fingerprint density at radius 1 is 1.35 bits per heavy atom. The van der Waals surface area contributed by atoms with Crippen LogP contribution in [0.1, 0.15) is 29.8 Å². The average molecular weight is 354 g/mol. The number of ether oxygens (including phenoxy) is 1. The Kier molecular flexibility index (Phi) is 6.07. The van der Waals surface area contributed by atoms with E-state index >= 15 is 0 Å². The number of methoxy groups -OCH3 is 1. The van der Waals surface area contributed by atoms with E-state index in [0.717, 1.165) is 29.6 Å². The minimum atomic E-state index is 0.289. The highest BCUT2D eigenvalue weighted by Crippen LogP contribution is 2.30. The first kappa shape index (κ1) is 15.5. The molecular weight excluding hydrogens is 334 g/mol. The molecule has 0 aliphatic carbocycles. The zero-order valence-electron chi connectivity index (χ0n) is 11.9. The molecule has 0 amide bonds. The molecule has 2 nitrogen and oxygen atoms in total. The normalized spacial score (nSPS) is 12.3. The van der Waals surface area contributed by atoms with Gasteiger partial charge in [0, 0.05) is 32.8 Å². The third-order valence-corrected chi connectivity index (χ3v) is 4.90. The molecule has 1 unspecified atom stereocenters. The van der Waals surface area contributed by atoms with E-state index < -0.39 is 0 Å². The second kappa shape index (κ2) is 7.81. The lowest BCUT2D eigenvalue weighted by molar-refractivity contribution is 0.398. The standard InChI is InChI=1S/C16H20BrNOS/c1-3-8-18-15(10-13-9-12(17)11-20-13)14-6-4-5-7-16(14)19-2/h4-7,9,11,15,18H,3,8,10H2,1-2H3. The van der Waals surface area contributed by atoms with Crippen LogP contribution in [0.4, 0.5) is 0 Å². The van der Waals surface area contributed by atoms with Gasteiger partial charge in [-0.05, 0) is 41.0 Å². The Hall–Kier alpha value is -0.840. The van der Waals surface area contributed by atoms with Gasteiger partial charge >= 0.3 is 0 Å². The van der Waals surface area contributed by atoms with Crippen molar-refractivity contribution in [3.8, 4) is 5.75 Å². The van der Waals surface area contributed by atoms with Gasteiger partial charge in [-0.25, -0.2) is 0 Å². The number of halogens is 1. The highest BCUT2D eigenvalue weighted by molar-refractivity contribution is 9.10. The first-order valence-corrected chi connectivity index (χ1v) is 8.51. The van der Waals surface area contributed by atoms with Gasteiger partial charge in [0.2, 0.25) is 0 Å². The summed E-state index contributed by atoms with van der Waals surface area (Å²) < 4.78 is 6.66. The number of benzene rings is 1. The summed E-state index contributed by atoms with van der Waals surface area (Å²) in [6.45, 7) is 3.20. The summed E-state index contributed by atoms with van der Waals surface area (Å²) in [5.41, 5.74) is 1.23. The highest BCUT2D eigenvalue weighted by atomic mass is 79.9. The second-order valence-electron chi connectivity index (χ2n) is 4.68. The Morgan fingerprint density at radius 2 is 2.15 bits per heavy atom. The summed E-state index contributed by atoms with van der Waals surface area (Å²) in [6.07, 6.45) is 2.11. The molecule has 1 aromatic carbocycles. The molecule has 0 saturated heterocycles. The van der Waals surface area contributed by atoms with E-state index in [1.807, 2.05) is 12.1 Å². The molecule has 0 bridgehead atoms. The Labute approximate surface area is 133 Å². The van der Waals surface area contributed by atoms with Gasteiger partial charge in [-0.2, -0.15) is 0 Å². The lowest BCUT2D eigenvalue weighted by Crippen LogP contribution is -2.24.